The molecule has 1 saturated carbocycles. The van der Waals surface area contributed by atoms with Crippen molar-refractivity contribution in [2.24, 2.45) is 7.05 Å². The van der Waals surface area contributed by atoms with Gasteiger partial charge < -0.3 is 18.7 Å². The molecule has 6 rings (SSSR count). The summed E-state index contributed by atoms with van der Waals surface area (Å²) < 4.78 is 12.9. The molecule has 1 aliphatic heterocycles. The summed E-state index contributed by atoms with van der Waals surface area (Å²) in [6.45, 7) is 4.28. The van der Waals surface area contributed by atoms with Crippen LogP contribution in [0, 0.1) is 0 Å². The topological polar surface area (TPSA) is 60.5 Å². The molecule has 8 heteroatoms. The van der Waals surface area contributed by atoms with Gasteiger partial charge in [-0.05, 0) is 75.3 Å². The third kappa shape index (κ3) is 4.99. The zero-order valence-electron chi connectivity index (χ0n) is 22.5. The maximum atomic E-state index is 12.2. The number of piperidine rings is 1. The molecule has 6 nitrogen and oxygen atoms in total. The lowest BCUT2D eigenvalue weighted by atomic mass is 9.85. The van der Waals surface area contributed by atoms with Crippen LogP contribution < -0.4 is 0 Å². The number of carbonyl (C=O) groups is 1. The predicted molar refractivity (Wildman–Crippen MR) is 155 cm³/mol. The minimum Gasteiger partial charge on any atom is -0.465 e. The van der Waals surface area contributed by atoms with Gasteiger partial charge in [-0.15, -0.1) is 0 Å². The highest BCUT2D eigenvalue weighted by Crippen LogP contribution is 2.46. The minimum absolute atomic E-state index is 0.298. The Morgan fingerprint density at radius 3 is 2.59 bits per heavy atom. The molecule has 2 unspecified atom stereocenters. The number of nitrogens with zero attached hydrogens (tertiary/aromatic N) is 3. The summed E-state index contributed by atoms with van der Waals surface area (Å²) in [5, 5.41) is 6.60. The number of esters is 1. The SMILES string of the molecule is COC(=O)c1cn(C)c2cc(C3CCN(CCc4c(-c5c(Cl)cccc5Cl)noc4C4CC4)C(C)C3)ccc12. The normalized spacial score (nSPS) is 20.0. The fraction of sp³-hybridized carbons (Fsp3) is 0.419. The fourth-order valence-corrected chi connectivity index (χ4v) is 6.77. The maximum absolute atomic E-state index is 12.2. The molecule has 2 fully saturated rings. The average Bonchev–Trinajstić information content (AvgIpc) is 3.61. The third-order valence-corrected chi connectivity index (χ3v) is 9.15. The van der Waals surface area contributed by atoms with E-state index in [9.17, 15) is 4.79 Å². The van der Waals surface area contributed by atoms with Crippen molar-refractivity contribution >= 4 is 40.1 Å². The van der Waals surface area contributed by atoms with Crippen molar-refractivity contribution in [3.63, 3.8) is 0 Å². The van der Waals surface area contributed by atoms with E-state index in [1.54, 1.807) is 0 Å². The van der Waals surface area contributed by atoms with Crippen molar-refractivity contribution in [2.45, 2.75) is 56.9 Å². The molecule has 2 aromatic heterocycles. The predicted octanol–water partition coefficient (Wildman–Crippen LogP) is 7.61. The molecule has 1 saturated heterocycles. The number of halogens is 2. The summed E-state index contributed by atoms with van der Waals surface area (Å²) in [6.07, 6.45) is 7.18. The molecule has 0 amide bonds. The highest BCUT2D eigenvalue weighted by atomic mass is 35.5. The molecule has 2 aliphatic rings. The lowest BCUT2D eigenvalue weighted by molar-refractivity contribution is 0.0602. The Labute approximate surface area is 238 Å². The number of methoxy groups -OCH3 is 1. The van der Waals surface area contributed by atoms with Crippen LogP contribution in [0.4, 0.5) is 0 Å². The van der Waals surface area contributed by atoms with Crippen molar-refractivity contribution < 1.29 is 14.1 Å². The lowest BCUT2D eigenvalue weighted by Gasteiger charge is -2.38. The Kier molecular flexibility index (Phi) is 7.21. The van der Waals surface area contributed by atoms with Crippen molar-refractivity contribution in [1.82, 2.24) is 14.6 Å². The van der Waals surface area contributed by atoms with E-state index in [-0.39, 0.29) is 5.97 Å². The largest absolute Gasteiger partial charge is 0.465 e. The molecule has 4 aromatic rings. The number of likely N-dealkylation sites (tertiary alicyclic amines) is 1. The quantitative estimate of drug-likeness (QED) is 0.216. The van der Waals surface area contributed by atoms with Crippen LogP contribution in [0.2, 0.25) is 10.0 Å². The van der Waals surface area contributed by atoms with Gasteiger partial charge in [0.15, 0.2) is 0 Å². The lowest BCUT2D eigenvalue weighted by Crippen LogP contribution is -2.41. The fourth-order valence-electron chi connectivity index (χ4n) is 6.19. The van der Waals surface area contributed by atoms with Crippen LogP contribution in [-0.2, 0) is 18.2 Å². The Balaban J connectivity index is 1.18. The summed E-state index contributed by atoms with van der Waals surface area (Å²) in [5.41, 5.74) is 5.71. The first-order valence-electron chi connectivity index (χ1n) is 13.7. The smallest absolute Gasteiger partial charge is 0.340 e. The Morgan fingerprint density at radius 2 is 1.90 bits per heavy atom. The molecule has 3 heterocycles. The van der Waals surface area contributed by atoms with Gasteiger partial charge in [-0.2, -0.15) is 0 Å². The summed E-state index contributed by atoms with van der Waals surface area (Å²) >= 11 is 13.1. The van der Waals surface area contributed by atoms with Crippen molar-refractivity contribution in [1.29, 1.82) is 0 Å². The maximum Gasteiger partial charge on any atom is 0.340 e. The zero-order valence-corrected chi connectivity index (χ0v) is 24.1. The second kappa shape index (κ2) is 10.6. The molecule has 2 atom stereocenters. The number of hydrogen-bond donors (Lipinski definition) is 0. The first-order valence-corrected chi connectivity index (χ1v) is 14.5. The van der Waals surface area contributed by atoms with Crippen LogP contribution in [0.15, 0.2) is 47.1 Å². The van der Waals surface area contributed by atoms with E-state index in [1.807, 2.05) is 36.0 Å². The summed E-state index contributed by atoms with van der Waals surface area (Å²) in [7, 11) is 3.40. The van der Waals surface area contributed by atoms with Crippen molar-refractivity contribution in [3.8, 4) is 11.3 Å². The zero-order chi connectivity index (χ0) is 27.3. The van der Waals surface area contributed by atoms with Gasteiger partial charge in [-0.1, -0.05) is 46.6 Å². The number of ether oxygens (including phenoxy) is 1. The minimum atomic E-state index is -0.298. The summed E-state index contributed by atoms with van der Waals surface area (Å²) in [6, 6.07) is 12.5. The molecule has 204 valence electrons. The first-order chi connectivity index (χ1) is 18.9. The Morgan fingerprint density at radius 1 is 1.13 bits per heavy atom. The molecule has 0 radical (unpaired) electrons. The number of rotatable bonds is 7. The number of aromatic nitrogens is 2. The average molecular weight is 567 g/mol. The van der Waals surface area contributed by atoms with Gasteiger partial charge in [-0.25, -0.2) is 4.79 Å². The van der Waals surface area contributed by atoms with Gasteiger partial charge in [0.2, 0.25) is 0 Å². The number of benzene rings is 2. The van der Waals surface area contributed by atoms with Gasteiger partial charge in [-0.3, -0.25) is 0 Å². The van der Waals surface area contributed by atoms with E-state index in [1.165, 1.54) is 12.7 Å². The summed E-state index contributed by atoms with van der Waals surface area (Å²) in [4.78, 5) is 14.8. The van der Waals surface area contributed by atoms with E-state index in [0.29, 0.717) is 33.5 Å². The highest BCUT2D eigenvalue weighted by Gasteiger charge is 2.34. The summed E-state index contributed by atoms with van der Waals surface area (Å²) in [5.74, 6) is 1.64. The molecule has 0 spiro atoms. The number of hydrogen-bond acceptors (Lipinski definition) is 5. The van der Waals surface area contributed by atoms with Crippen LogP contribution >= 0.6 is 23.2 Å². The van der Waals surface area contributed by atoms with Crippen LogP contribution in [0.25, 0.3) is 22.2 Å². The molecule has 1 aliphatic carbocycles. The van der Waals surface area contributed by atoms with E-state index in [0.717, 1.165) is 78.7 Å². The number of aryl methyl sites for hydroxylation is 1. The highest BCUT2D eigenvalue weighted by molar-refractivity contribution is 6.39. The molecule has 0 bridgehead atoms. The number of fused-ring (bicyclic) bond motifs is 1. The van der Waals surface area contributed by atoms with Crippen LogP contribution in [0.1, 0.15) is 71.7 Å². The second-order valence-electron chi connectivity index (χ2n) is 11.0. The van der Waals surface area contributed by atoms with Gasteiger partial charge in [0.25, 0.3) is 0 Å². The van der Waals surface area contributed by atoms with Gasteiger partial charge in [0, 0.05) is 53.8 Å². The van der Waals surface area contributed by atoms with Crippen LogP contribution in [0.5, 0.6) is 0 Å². The monoisotopic (exact) mass is 565 g/mol. The van der Waals surface area contributed by atoms with Gasteiger partial charge >= 0.3 is 5.97 Å². The number of carbonyl (C=O) groups excluding carboxylic acids is 1. The van der Waals surface area contributed by atoms with E-state index < -0.39 is 0 Å². The van der Waals surface area contributed by atoms with Gasteiger partial charge in [0.1, 0.15) is 11.5 Å². The Hall–Kier alpha value is -2.80. The van der Waals surface area contributed by atoms with Crippen LogP contribution in [-0.4, -0.2) is 46.8 Å². The molecule has 39 heavy (non-hydrogen) atoms. The van der Waals surface area contributed by atoms with Crippen molar-refractivity contribution in [2.75, 3.05) is 20.2 Å². The Bertz CT molecular complexity index is 1520. The molecule has 2 aromatic carbocycles. The van der Waals surface area contributed by atoms with Crippen molar-refractivity contribution in [3.05, 3.63) is 75.1 Å². The standard InChI is InChI=1S/C31H33Cl2N3O3/c1-18-15-21(20-9-10-22-24(31(37)38-3)17-35(2)27(22)16-20)11-13-36(18)14-12-23-29(34-39-30(23)19-7-8-19)28-25(32)5-4-6-26(28)33/h4-6,9-10,16-19,21H,7-8,11-15H2,1-3H3. The van der Waals surface area contributed by atoms with E-state index in [2.05, 4.69) is 35.2 Å². The second-order valence-corrected chi connectivity index (χ2v) is 11.8. The van der Waals surface area contributed by atoms with Crippen LogP contribution in [0.3, 0.4) is 0 Å². The third-order valence-electron chi connectivity index (χ3n) is 8.52. The van der Waals surface area contributed by atoms with E-state index in [4.69, 9.17) is 32.5 Å². The molecular formula is C31H33Cl2N3O3. The van der Waals surface area contributed by atoms with Gasteiger partial charge in [0.05, 0.1) is 22.7 Å². The molecular weight excluding hydrogens is 533 g/mol. The first kappa shape index (κ1) is 26.4. The molecule has 0 N–H and O–H groups in total. The van der Waals surface area contributed by atoms with E-state index >= 15 is 0 Å².